The molecule has 0 amide bonds. The Labute approximate surface area is 101 Å². The molecule has 0 aromatic rings. The number of hydrogen-bond donors (Lipinski definition) is 1. The Hall–Kier alpha value is -0.0800. The molecule has 0 aliphatic carbocycles. The molecule has 0 radical (unpaired) electrons. The Bertz CT molecular complexity index is 221. The zero-order chi connectivity index (χ0) is 12.4. The molecule has 1 aliphatic rings. The molecule has 1 rings (SSSR count). The SMILES string of the molecule is CC(C)NCC(C)(C)CC1CCC(C)(C)O1. The number of nitrogens with one attached hydrogen (secondary N) is 1. The molecule has 16 heavy (non-hydrogen) atoms. The molecule has 1 N–H and O–H groups in total. The third-order valence-electron chi connectivity index (χ3n) is 3.32. The van der Waals surface area contributed by atoms with Gasteiger partial charge < -0.3 is 10.1 Å². The van der Waals surface area contributed by atoms with Gasteiger partial charge in [0.05, 0.1) is 11.7 Å². The summed E-state index contributed by atoms with van der Waals surface area (Å²) in [5.41, 5.74) is 0.432. The van der Waals surface area contributed by atoms with Gasteiger partial charge in [0.2, 0.25) is 0 Å². The minimum atomic E-state index is 0.103. The van der Waals surface area contributed by atoms with Crippen LogP contribution in [-0.2, 0) is 4.74 Å². The van der Waals surface area contributed by atoms with E-state index in [-0.39, 0.29) is 5.60 Å². The molecule has 1 aliphatic heterocycles. The Morgan fingerprint density at radius 3 is 2.44 bits per heavy atom. The average Bonchev–Trinajstić information content (AvgIpc) is 2.41. The van der Waals surface area contributed by atoms with Crippen LogP contribution in [-0.4, -0.2) is 24.3 Å². The van der Waals surface area contributed by atoms with Gasteiger partial charge >= 0.3 is 0 Å². The first-order chi connectivity index (χ1) is 7.20. The van der Waals surface area contributed by atoms with Crippen LogP contribution in [0.3, 0.4) is 0 Å². The van der Waals surface area contributed by atoms with Crippen molar-refractivity contribution in [2.45, 2.75) is 78.6 Å². The van der Waals surface area contributed by atoms with Gasteiger partial charge in [0.25, 0.3) is 0 Å². The molecule has 2 nitrogen and oxygen atoms in total. The van der Waals surface area contributed by atoms with Crippen molar-refractivity contribution in [1.82, 2.24) is 5.32 Å². The lowest BCUT2D eigenvalue weighted by Crippen LogP contribution is -2.36. The summed E-state index contributed by atoms with van der Waals surface area (Å²) in [5, 5.41) is 3.52. The molecule has 0 saturated carbocycles. The van der Waals surface area contributed by atoms with Crippen molar-refractivity contribution >= 4 is 0 Å². The first-order valence-electron chi connectivity index (χ1n) is 6.61. The van der Waals surface area contributed by atoms with Crippen LogP contribution in [0.1, 0.15) is 60.8 Å². The molecular formula is C14H29NO. The highest BCUT2D eigenvalue weighted by Crippen LogP contribution is 2.35. The standard InChI is InChI=1S/C14H29NO/c1-11(2)15-10-13(3,4)9-12-7-8-14(5,6)16-12/h11-12,15H,7-10H2,1-6H3. The van der Waals surface area contributed by atoms with Crippen LogP contribution in [0.4, 0.5) is 0 Å². The van der Waals surface area contributed by atoms with E-state index in [0.717, 1.165) is 13.0 Å². The van der Waals surface area contributed by atoms with E-state index in [2.05, 4.69) is 46.9 Å². The molecule has 0 aromatic carbocycles. The lowest BCUT2D eigenvalue weighted by atomic mass is 9.85. The van der Waals surface area contributed by atoms with Crippen molar-refractivity contribution in [2.75, 3.05) is 6.54 Å². The zero-order valence-corrected chi connectivity index (χ0v) is 11.9. The summed E-state index contributed by atoms with van der Waals surface area (Å²) in [6.45, 7) is 14.5. The summed E-state index contributed by atoms with van der Waals surface area (Å²) < 4.78 is 6.06. The average molecular weight is 227 g/mol. The van der Waals surface area contributed by atoms with Gasteiger partial charge in [0, 0.05) is 12.6 Å². The predicted molar refractivity (Wildman–Crippen MR) is 69.7 cm³/mol. The molecule has 96 valence electrons. The van der Waals surface area contributed by atoms with E-state index in [4.69, 9.17) is 4.74 Å². The molecule has 1 atom stereocenters. The topological polar surface area (TPSA) is 21.3 Å². The fourth-order valence-electron chi connectivity index (χ4n) is 2.39. The van der Waals surface area contributed by atoms with Gasteiger partial charge in [0.15, 0.2) is 0 Å². The number of ether oxygens (including phenoxy) is 1. The molecule has 1 fully saturated rings. The van der Waals surface area contributed by atoms with Gasteiger partial charge in [-0.15, -0.1) is 0 Å². The smallest absolute Gasteiger partial charge is 0.0631 e. The van der Waals surface area contributed by atoms with Crippen molar-refractivity contribution in [2.24, 2.45) is 5.41 Å². The predicted octanol–water partition coefficient (Wildman–Crippen LogP) is 3.36. The highest BCUT2D eigenvalue weighted by molar-refractivity contribution is 4.85. The van der Waals surface area contributed by atoms with Crippen LogP contribution >= 0.6 is 0 Å². The van der Waals surface area contributed by atoms with Crippen LogP contribution in [0.2, 0.25) is 0 Å². The second kappa shape index (κ2) is 5.05. The Kier molecular flexibility index (Phi) is 4.42. The van der Waals surface area contributed by atoms with Gasteiger partial charge in [-0.1, -0.05) is 27.7 Å². The number of hydrogen-bond acceptors (Lipinski definition) is 2. The minimum Gasteiger partial charge on any atom is -0.372 e. The highest BCUT2D eigenvalue weighted by atomic mass is 16.5. The van der Waals surface area contributed by atoms with Crippen molar-refractivity contribution in [1.29, 1.82) is 0 Å². The number of rotatable bonds is 5. The Morgan fingerprint density at radius 1 is 1.38 bits per heavy atom. The van der Waals surface area contributed by atoms with Crippen LogP contribution in [0, 0.1) is 5.41 Å². The van der Waals surface area contributed by atoms with Crippen LogP contribution in [0.5, 0.6) is 0 Å². The van der Waals surface area contributed by atoms with E-state index in [1.54, 1.807) is 0 Å². The van der Waals surface area contributed by atoms with E-state index >= 15 is 0 Å². The highest BCUT2D eigenvalue weighted by Gasteiger charge is 2.34. The van der Waals surface area contributed by atoms with E-state index in [1.165, 1.54) is 12.8 Å². The van der Waals surface area contributed by atoms with Crippen LogP contribution in [0.25, 0.3) is 0 Å². The van der Waals surface area contributed by atoms with E-state index in [9.17, 15) is 0 Å². The Balaban J connectivity index is 2.35. The van der Waals surface area contributed by atoms with Gasteiger partial charge in [0.1, 0.15) is 0 Å². The molecule has 1 unspecified atom stereocenters. The van der Waals surface area contributed by atoms with Crippen molar-refractivity contribution in [3.8, 4) is 0 Å². The molecule has 2 heteroatoms. The summed E-state index contributed by atoms with van der Waals surface area (Å²) in [5.74, 6) is 0. The summed E-state index contributed by atoms with van der Waals surface area (Å²) >= 11 is 0. The monoisotopic (exact) mass is 227 g/mol. The maximum atomic E-state index is 6.06. The summed E-state index contributed by atoms with van der Waals surface area (Å²) in [4.78, 5) is 0. The maximum Gasteiger partial charge on any atom is 0.0631 e. The van der Waals surface area contributed by atoms with Crippen molar-refractivity contribution in [3.05, 3.63) is 0 Å². The van der Waals surface area contributed by atoms with Crippen LogP contribution < -0.4 is 5.32 Å². The van der Waals surface area contributed by atoms with Gasteiger partial charge in [-0.3, -0.25) is 0 Å². The first-order valence-corrected chi connectivity index (χ1v) is 6.61. The van der Waals surface area contributed by atoms with Gasteiger partial charge in [-0.05, 0) is 38.5 Å². The third-order valence-corrected chi connectivity index (χ3v) is 3.32. The molecule has 0 aromatic heterocycles. The Morgan fingerprint density at radius 2 is 2.00 bits per heavy atom. The van der Waals surface area contributed by atoms with Crippen molar-refractivity contribution < 1.29 is 4.74 Å². The van der Waals surface area contributed by atoms with E-state index < -0.39 is 0 Å². The summed E-state index contributed by atoms with van der Waals surface area (Å²) in [6, 6.07) is 0.570. The normalized spacial score (nSPS) is 25.3. The fourth-order valence-corrected chi connectivity index (χ4v) is 2.39. The third kappa shape index (κ3) is 4.84. The maximum absolute atomic E-state index is 6.06. The van der Waals surface area contributed by atoms with Crippen LogP contribution in [0.15, 0.2) is 0 Å². The molecular weight excluding hydrogens is 198 g/mol. The molecule has 0 spiro atoms. The summed E-state index contributed by atoms with van der Waals surface area (Å²) in [6.07, 6.45) is 4.04. The second-order valence-electron chi connectivity index (χ2n) is 6.94. The first kappa shape index (κ1) is 14.0. The molecule has 0 bridgehead atoms. The lowest BCUT2D eigenvalue weighted by molar-refractivity contribution is -0.0318. The second-order valence-corrected chi connectivity index (χ2v) is 6.94. The molecule has 1 saturated heterocycles. The lowest BCUT2D eigenvalue weighted by Gasteiger charge is -2.30. The van der Waals surface area contributed by atoms with E-state index in [1.807, 2.05) is 0 Å². The fraction of sp³-hybridized carbons (Fsp3) is 1.00. The quantitative estimate of drug-likeness (QED) is 0.777. The van der Waals surface area contributed by atoms with Gasteiger partial charge in [-0.25, -0.2) is 0 Å². The minimum absolute atomic E-state index is 0.103. The van der Waals surface area contributed by atoms with Crippen molar-refractivity contribution in [3.63, 3.8) is 0 Å². The van der Waals surface area contributed by atoms with E-state index in [0.29, 0.717) is 17.6 Å². The zero-order valence-electron chi connectivity index (χ0n) is 11.9. The largest absolute Gasteiger partial charge is 0.372 e. The van der Waals surface area contributed by atoms with Gasteiger partial charge in [-0.2, -0.15) is 0 Å². The molecule has 1 heterocycles. The summed E-state index contributed by atoms with van der Waals surface area (Å²) in [7, 11) is 0.